The van der Waals surface area contributed by atoms with E-state index in [0.717, 1.165) is 27.8 Å². The van der Waals surface area contributed by atoms with Crippen molar-refractivity contribution in [2.45, 2.75) is 6.10 Å². The van der Waals surface area contributed by atoms with Crippen LogP contribution in [0.5, 0.6) is 11.5 Å². The maximum atomic E-state index is 10.6. The van der Waals surface area contributed by atoms with Gasteiger partial charge in [-0.1, -0.05) is 12.1 Å². The van der Waals surface area contributed by atoms with E-state index in [9.17, 15) is 5.11 Å². The fraction of sp³-hybridized carbons (Fsp3) is 0.176. The van der Waals surface area contributed by atoms with E-state index >= 15 is 0 Å². The Kier molecular flexibility index (Phi) is 2.82. The number of ether oxygens (including phenoxy) is 2. The SMILES string of the molecule is OC(c1ccc2c(c1)OCCO2)c1ccc2[nH]ccc2c1. The van der Waals surface area contributed by atoms with Gasteiger partial charge >= 0.3 is 0 Å². The van der Waals surface area contributed by atoms with Crippen molar-refractivity contribution >= 4 is 10.9 Å². The Morgan fingerprint density at radius 1 is 0.905 bits per heavy atom. The molecule has 3 aromatic rings. The number of rotatable bonds is 2. The van der Waals surface area contributed by atoms with Crippen LogP contribution in [0, 0.1) is 0 Å². The average Bonchev–Trinajstić information content (AvgIpc) is 3.01. The molecule has 1 unspecified atom stereocenters. The van der Waals surface area contributed by atoms with E-state index in [0.29, 0.717) is 19.0 Å². The quantitative estimate of drug-likeness (QED) is 0.759. The number of aromatic amines is 1. The lowest BCUT2D eigenvalue weighted by Crippen LogP contribution is -2.15. The number of aliphatic hydroxyl groups excluding tert-OH is 1. The van der Waals surface area contributed by atoms with Gasteiger partial charge in [0.2, 0.25) is 0 Å². The summed E-state index contributed by atoms with van der Waals surface area (Å²) in [6.07, 6.45) is 1.21. The van der Waals surface area contributed by atoms with Gasteiger partial charge in [0.1, 0.15) is 19.3 Å². The number of hydrogen-bond donors (Lipinski definition) is 2. The largest absolute Gasteiger partial charge is 0.486 e. The Morgan fingerprint density at radius 3 is 2.57 bits per heavy atom. The van der Waals surface area contributed by atoms with Crippen LogP contribution in [0.1, 0.15) is 17.2 Å². The van der Waals surface area contributed by atoms with Gasteiger partial charge in [0, 0.05) is 11.7 Å². The number of aromatic nitrogens is 1. The molecule has 0 radical (unpaired) electrons. The normalized spacial score (nSPS) is 15.1. The maximum absolute atomic E-state index is 10.6. The van der Waals surface area contributed by atoms with Gasteiger partial charge < -0.3 is 19.6 Å². The van der Waals surface area contributed by atoms with Crippen LogP contribution in [0.3, 0.4) is 0 Å². The van der Waals surface area contributed by atoms with Crippen molar-refractivity contribution in [3.63, 3.8) is 0 Å². The van der Waals surface area contributed by atoms with Crippen molar-refractivity contribution in [1.29, 1.82) is 0 Å². The predicted octanol–water partition coefficient (Wildman–Crippen LogP) is 3.02. The minimum atomic E-state index is -0.680. The van der Waals surface area contributed by atoms with Crippen molar-refractivity contribution in [1.82, 2.24) is 4.98 Å². The van der Waals surface area contributed by atoms with Crippen molar-refractivity contribution in [2.24, 2.45) is 0 Å². The highest BCUT2D eigenvalue weighted by Crippen LogP contribution is 2.34. The van der Waals surface area contributed by atoms with Gasteiger partial charge in [-0.2, -0.15) is 0 Å². The van der Waals surface area contributed by atoms with E-state index in [4.69, 9.17) is 9.47 Å². The molecule has 1 aliphatic rings. The zero-order chi connectivity index (χ0) is 14.2. The Labute approximate surface area is 121 Å². The molecular weight excluding hydrogens is 266 g/mol. The van der Waals surface area contributed by atoms with Gasteiger partial charge in [-0.25, -0.2) is 0 Å². The molecule has 4 heteroatoms. The monoisotopic (exact) mass is 281 g/mol. The van der Waals surface area contributed by atoms with Crippen LogP contribution in [-0.4, -0.2) is 23.3 Å². The van der Waals surface area contributed by atoms with Crippen LogP contribution < -0.4 is 9.47 Å². The standard InChI is InChI=1S/C17H15NO3/c19-17(12-1-3-14-11(9-12)5-6-18-14)13-2-4-15-16(10-13)21-8-7-20-15/h1-6,9-10,17-19H,7-8H2. The molecule has 1 aromatic heterocycles. The van der Waals surface area contributed by atoms with Gasteiger partial charge in [0.25, 0.3) is 0 Å². The maximum Gasteiger partial charge on any atom is 0.161 e. The first-order valence-corrected chi connectivity index (χ1v) is 6.96. The molecule has 2 N–H and O–H groups in total. The van der Waals surface area contributed by atoms with Gasteiger partial charge in [-0.15, -0.1) is 0 Å². The predicted molar refractivity (Wildman–Crippen MR) is 79.8 cm³/mol. The third-order valence-corrected chi connectivity index (χ3v) is 3.78. The van der Waals surface area contributed by atoms with Gasteiger partial charge in [-0.3, -0.25) is 0 Å². The summed E-state index contributed by atoms with van der Waals surface area (Å²) in [6.45, 7) is 1.11. The number of fused-ring (bicyclic) bond motifs is 2. The van der Waals surface area contributed by atoms with E-state index in [1.165, 1.54) is 0 Å². The second kappa shape index (κ2) is 4.82. The molecule has 0 aliphatic carbocycles. The number of aliphatic hydroxyl groups is 1. The topological polar surface area (TPSA) is 54.5 Å². The van der Waals surface area contributed by atoms with E-state index in [1.54, 1.807) is 0 Å². The molecule has 0 spiro atoms. The molecule has 2 aromatic carbocycles. The molecule has 1 aliphatic heterocycles. The highest BCUT2D eigenvalue weighted by molar-refractivity contribution is 5.80. The molecular formula is C17H15NO3. The third kappa shape index (κ3) is 2.14. The van der Waals surface area contributed by atoms with Crippen LogP contribution in [0.4, 0.5) is 0 Å². The molecule has 1 atom stereocenters. The summed E-state index contributed by atoms with van der Waals surface area (Å²) >= 11 is 0. The number of H-pyrrole nitrogens is 1. The Bertz CT molecular complexity index is 794. The summed E-state index contributed by atoms with van der Waals surface area (Å²) < 4.78 is 11.1. The van der Waals surface area contributed by atoms with Crippen LogP contribution in [0.25, 0.3) is 10.9 Å². The lowest BCUT2D eigenvalue weighted by molar-refractivity contribution is 0.169. The van der Waals surface area contributed by atoms with Gasteiger partial charge in [0.05, 0.1) is 0 Å². The molecule has 4 rings (SSSR count). The zero-order valence-electron chi connectivity index (χ0n) is 11.4. The van der Waals surface area contributed by atoms with Crippen molar-refractivity contribution in [3.8, 4) is 11.5 Å². The first kappa shape index (κ1) is 12.3. The molecule has 0 saturated heterocycles. The van der Waals surface area contributed by atoms with Crippen LogP contribution in [0.2, 0.25) is 0 Å². The fourth-order valence-electron chi connectivity index (χ4n) is 2.66. The second-order valence-corrected chi connectivity index (χ2v) is 5.13. The smallest absolute Gasteiger partial charge is 0.161 e. The zero-order valence-corrected chi connectivity index (χ0v) is 11.4. The summed E-state index contributed by atoms with van der Waals surface area (Å²) in [7, 11) is 0. The molecule has 0 bridgehead atoms. The molecule has 106 valence electrons. The number of nitrogens with one attached hydrogen (secondary N) is 1. The van der Waals surface area contributed by atoms with E-state index < -0.39 is 6.10 Å². The molecule has 21 heavy (non-hydrogen) atoms. The lowest BCUT2D eigenvalue weighted by Gasteiger charge is -2.20. The molecule has 2 heterocycles. The highest BCUT2D eigenvalue weighted by Gasteiger charge is 2.17. The van der Waals surface area contributed by atoms with E-state index in [2.05, 4.69) is 4.98 Å². The number of hydrogen-bond acceptors (Lipinski definition) is 3. The van der Waals surface area contributed by atoms with Crippen molar-refractivity contribution < 1.29 is 14.6 Å². The summed E-state index contributed by atoms with van der Waals surface area (Å²) in [6, 6.07) is 13.5. The molecule has 4 nitrogen and oxygen atoms in total. The fourth-order valence-corrected chi connectivity index (χ4v) is 2.66. The molecule has 0 fully saturated rings. The second-order valence-electron chi connectivity index (χ2n) is 5.13. The summed E-state index contributed by atoms with van der Waals surface area (Å²) in [5.41, 5.74) is 2.72. The molecule has 0 amide bonds. The minimum absolute atomic E-state index is 0.544. The van der Waals surface area contributed by atoms with E-state index in [1.807, 2.05) is 48.7 Å². The lowest BCUT2D eigenvalue weighted by atomic mass is 10.00. The van der Waals surface area contributed by atoms with Gasteiger partial charge in [-0.05, 0) is 46.8 Å². The molecule has 0 saturated carbocycles. The highest BCUT2D eigenvalue weighted by atomic mass is 16.6. The number of benzene rings is 2. The first-order valence-electron chi connectivity index (χ1n) is 6.96. The third-order valence-electron chi connectivity index (χ3n) is 3.78. The Balaban J connectivity index is 1.71. The van der Waals surface area contributed by atoms with Crippen molar-refractivity contribution in [2.75, 3.05) is 13.2 Å². The van der Waals surface area contributed by atoms with E-state index in [-0.39, 0.29) is 0 Å². The minimum Gasteiger partial charge on any atom is -0.486 e. The Hall–Kier alpha value is -2.46. The average molecular weight is 281 g/mol. The Morgan fingerprint density at radius 2 is 1.67 bits per heavy atom. The van der Waals surface area contributed by atoms with Crippen LogP contribution in [0.15, 0.2) is 48.7 Å². The van der Waals surface area contributed by atoms with Crippen LogP contribution >= 0.6 is 0 Å². The summed E-state index contributed by atoms with van der Waals surface area (Å²) in [4.78, 5) is 3.15. The van der Waals surface area contributed by atoms with Crippen LogP contribution in [-0.2, 0) is 0 Å². The summed E-state index contributed by atoms with van der Waals surface area (Å²) in [5, 5.41) is 11.7. The van der Waals surface area contributed by atoms with Gasteiger partial charge in [0.15, 0.2) is 11.5 Å². The summed E-state index contributed by atoms with van der Waals surface area (Å²) in [5.74, 6) is 1.43. The van der Waals surface area contributed by atoms with Crippen molar-refractivity contribution in [3.05, 3.63) is 59.8 Å². The first-order chi connectivity index (χ1) is 10.3.